The molecule has 1 fully saturated rings. The Morgan fingerprint density at radius 2 is 2.21 bits per heavy atom. The van der Waals surface area contributed by atoms with Crippen molar-refractivity contribution in [3.05, 3.63) is 33.7 Å². The van der Waals surface area contributed by atoms with Gasteiger partial charge in [-0.1, -0.05) is 6.92 Å². The summed E-state index contributed by atoms with van der Waals surface area (Å²) < 4.78 is 1.86. The molecule has 2 rings (SSSR count). The lowest BCUT2D eigenvalue weighted by Gasteiger charge is -2.08. The molecule has 1 aliphatic rings. The Morgan fingerprint density at radius 1 is 1.50 bits per heavy atom. The highest BCUT2D eigenvalue weighted by Gasteiger charge is 2.24. The molecule has 0 radical (unpaired) electrons. The standard InChI is InChI=1S/C12H17NO/c1-3-6-13-8-11(10-4-5-10)7-9(2)12(13)14/h7-8,10H,3-6H2,1-2H3. The van der Waals surface area contributed by atoms with Crippen molar-refractivity contribution in [2.24, 2.45) is 0 Å². The third kappa shape index (κ3) is 1.74. The first-order valence-corrected chi connectivity index (χ1v) is 5.43. The van der Waals surface area contributed by atoms with E-state index in [9.17, 15) is 4.79 Å². The van der Waals surface area contributed by atoms with Gasteiger partial charge in [-0.2, -0.15) is 0 Å². The maximum Gasteiger partial charge on any atom is 0.253 e. The van der Waals surface area contributed by atoms with Crippen LogP contribution >= 0.6 is 0 Å². The van der Waals surface area contributed by atoms with Crippen LogP contribution in [0.2, 0.25) is 0 Å². The summed E-state index contributed by atoms with van der Waals surface area (Å²) in [6, 6.07) is 2.06. The van der Waals surface area contributed by atoms with Gasteiger partial charge in [-0.15, -0.1) is 0 Å². The lowest BCUT2D eigenvalue weighted by Crippen LogP contribution is -2.22. The smallest absolute Gasteiger partial charge is 0.253 e. The molecule has 14 heavy (non-hydrogen) atoms. The minimum Gasteiger partial charge on any atom is -0.315 e. The van der Waals surface area contributed by atoms with E-state index in [0.717, 1.165) is 24.4 Å². The van der Waals surface area contributed by atoms with Crippen molar-refractivity contribution in [1.82, 2.24) is 4.57 Å². The predicted molar refractivity (Wildman–Crippen MR) is 57.7 cm³/mol. The number of hydrogen-bond donors (Lipinski definition) is 0. The molecule has 0 saturated heterocycles. The van der Waals surface area contributed by atoms with Crippen LogP contribution in [0.5, 0.6) is 0 Å². The Hall–Kier alpha value is -1.05. The van der Waals surface area contributed by atoms with Crippen LogP contribution in [0.1, 0.15) is 43.2 Å². The van der Waals surface area contributed by atoms with Crippen molar-refractivity contribution in [2.75, 3.05) is 0 Å². The Labute approximate surface area is 84.6 Å². The third-order valence-corrected chi connectivity index (χ3v) is 2.80. The van der Waals surface area contributed by atoms with Gasteiger partial charge in [-0.25, -0.2) is 0 Å². The summed E-state index contributed by atoms with van der Waals surface area (Å²) in [6.07, 6.45) is 5.66. The number of aromatic nitrogens is 1. The molecule has 1 aliphatic carbocycles. The number of nitrogens with zero attached hydrogens (tertiary/aromatic N) is 1. The lowest BCUT2D eigenvalue weighted by molar-refractivity contribution is 0.645. The van der Waals surface area contributed by atoms with E-state index in [4.69, 9.17) is 0 Å². The van der Waals surface area contributed by atoms with Crippen LogP contribution < -0.4 is 5.56 Å². The average Bonchev–Trinajstić information content (AvgIpc) is 2.96. The van der Waals surface area contributed by atoms with Crippen LogP contribution in [0, 0.1) is 6.92 Å². The van der Waals surface area contributed by atoms with Crippen LogP contribution in [-0.4, -0.2) is 4.57 Å². The normalized spacial score (nSPS) is 15.9. The van der Waals surface area contributed by atoms with Gasteiger partial charge in [0.05, 0.1) is 0 Å². The van der Waals surface area contributed by atoms with E-state index in [1.807, 2.05) is 11.5 Å². The zero-order chi connectivity index (χ0) is 10.1. The van der Waals surface area contributed by atoms with Crippen LogP contribution in [0.4, 0.5) is 0 Å². The van der Waals surface area contributed by atoms with Gasteiger partial charge in [0, 0.05) is 18.3 Å². The van der Waals surface area contributed by atoms with Crippen LogP contribution in [0.25, 0.3) is 0 Å². The third-order valence-electron chi connectivity index (χ3n) is 2.80. The first-order chi connectivity index (χ1) is 6.72. The molecular formula is C12H17NO. The van der Waals surface area contributed by atoms with Crippen LogP contribution in [0.3, 0.4) is 0 Å². The lowest BCUT2D eigenvalue weighted by atomic mass is 10.1. The van der Waals surface area contributed by atoms with E-state index in [1.165, 1.54) is 18.4 Å². The van der Waals surface area contributed by atoms with E-state index in [-0.39, 0.29) is 5.56 Å². The molecule has 0 unspecified atom stereocenters. The number of aryl methyl sites for hydroxylation is 2. The number of pyridine rings is 1. The molecule has 1 saturated carbocycles. The summed E-state index contributed by atoms with van der Waals surface area (Å²) in [5, 5.41) is 0. The van der Waals surface area contributed by atoms with Gasteiger partial charge in [0.15, 0.2) is 0 Å². The van der Waals surface area contributed by atoms with Gasteiger partial charge in [-0.3, -0.25) is 4.79 Å². The highest BCUT2D eigenvalue weighted by Crippen LogP contribution is 2.39. The van der Waals surface area contributed by atoms with Crippen molar-refractivity contribution >= 4 is 0 Å². The second-order valence-corrected chi connectivity index (χ2v) is 4.23. The summed E-state index contributed by atoms with van der Waals surface area (Å²) >= 11 is 0. The molecule has 0 amide bonds. The summed E-state index contributed by atoms with van der Waals surface area (Å²) in [5.41, 5.74) is 2.43. The van der Waals surface area contributed by atoms with Crippen molar-refractivity contribution < 1.29 is 0 Å². The van der Waals surface area contributed by atoms with Gasteiger partial charge in [0.1, 0.15) is 0 Å². The predicted octanol–water partition coefficient (Wildman–Crippen LogP) is 2.44. The molecule has 0 bridgehead atoms. The topological polar surface area (TPSA) is 22.0 Å². The molecule has 0 aromatic carbocycles. The molecule has 76 valence electrons. The fourth-order valence-corrected chi connectivity index (χ4v) is 1.86. The van der Waals surface area contributed by atoms with Crippen LogP contribution in [0.15, 0.2) is 17.1 Å². The van der Waals surface area contributed by atoms with Crippen molar-refractivity contribution in [3.8, 4) is 0 Å². The van der Waals surface area contributed by atoms with Gasteiger partial charge in [0.25, 0.3) is 5.56 Å². The molecule has 1 aromatic heterocycles. The first kappa shape index (κ1) is 9.50. The fourth-order valence-electron chi connectivity index (χ4n) is 1.86. The Morgan fingerprint density at radius 3 is 2.79 bits per heavy atom. The second-order valence-electron chi connectivity index (χ2n) is 4.23. The zero-order valence-corrected chi connectivity index (χ0v) is 8.92. The van der Waals surface area contributed by atoms with Gasteiger partial charge in [0.2, 0.25) is 0 Å². The van der Waals surface area contributed by atoms with Gasteiger partial charge < -0.3 is 4.57 Å². The van der Waals surface area contributed by atoms with Gasteiger partial charge >= 0.3 is 0 Å². The summed E-state index contributed by atoms with van der Waals surface area (Å²) in [5.74, 6) is 0.734. The highest BCUT2D eigenvalue weighted by molar-refractivity contribution is 5.25. The molecule has 0 N–H and O–H groups in total. The number of hydrogen-bond acceptors (Lipinski definition) is 1. The van der Waals surface area contributed by atoms with E-state index in [2.05, 4.69) is 19.2 Å². The van der Waals surface area contributed by atoms with Crippen molar-refractivity contribution in [1.29, 1.82) is 0 Å². The van der Waals surface area contributed by atoms with E-state index in [0.29, 0.717) is 0 Å². The second kappa shape index (κ2) is 3.60. The SMILES string of the molecule is CCCn1cc(C2CC2)cc(C)c1=O. The maximum atomic E-state index is 11.7. The number of rotatable bonds is 3. The Balaban J connectivity index is 2.41. The van der Waals surface area contributed by atoms with Crippen molar-refractivity contribution in [2.45, 2.75) is 45.6 Å². The Kier molecular flexibility index (Phi) is 2.44. The first-order valence-electron chi connectivity index (χ1n) is 5.43. The highest BCUT2D eigenvalue weighted by atomic mass is 16.1. The quantitative estimate of drug-likeness (QED) is 0.719. The minimum atomic E-state index is 0.177. The molecule has 1 aromatic rings. The molecule has 2 heteroatoms. The van der Waals surface area contributed by atoms with E-state index >= 15 is 0 Å². The Bertz CT molecular complexity index is 388. The summed E-state index contributed by atoms with van der Waals surface area (Å²) in [6.45, 7) is 4.87. The summed E-state index contributed by atoms with van der Waals surface area (Å²) in [4.78, 5) is 11.7. The molecule has 1 heterocycles. The van der Waals surface area contributed by atoms with E-state index in [1.54, 1.807) is 0 Å². The molecule has 0 aliphatic heterocycles. The molecule has 0 spiro atoms. The molecule has 2 nitrogen and oxygen atoms in total. The largest absolute Gasteiger partial charge is 0.315 e. The van der Waals surface area contributed by atoms with Crippen LogP contribution in [-0.2, 0) is 6.54 Å². The molecular weight excluding hydrogens is 174 g/mol. The maximum absolute atomic E-state index is 11.7. The summed E-state index contributed by atoms with van der Waals surface area (Å²) in [7, 11) is 0. The minimum absolute atomic E-state index is 0.177. The van der Waals surface area contributed by atoms with Crippen molar-refractivity contribution in [3.63, 3.8) is 0 Å². The van der Waals surface area contributed by atoms with E-state index < -0.39 is 0 Å². The van der Waals surface area contributed by atoms with Gasteiger partial charge in [-0.05, 0) is 43.7 Å². The zero-order valence-electron chi connectivity index (χ0n) is 8.92. The monoisotopic (exact) mass is 191 g/mol. The fraction of sp³-hybridized carbons (Fsp3) is 0.583. The average molecular weight is 191 g/mol. The molecule has 0 atom stereocenters.